The van der Waals surface area contributed by atoms with Gasteiger partial charge in [-0.3, -0.25) is 4.79 Å². The zero-order valence-corrected chi connectivity index (χ0v) is 12.6. The van der Waals surface area contributed by atoms with E-state index in [0.29, 0.717) is 41.7 Å². The standard InChI is InChI=1S/C16H20N2O4/c1-20-14-8-12-13(17-10-18-16(12)19)9-15(14)22-7-6-21-11-4-2-3-5-11/h8-11H,2-7H2,1H3,(H,17,18,19). The van der Waals surface area contributed by atoms with Crippen LogP contribution in [-0.2, 0) is 4.74 Å². The molecular weight excluding hydrogens is 284 g/mol. The van der Waals surface area contributed by atoms with E-state index in [1.54, 1.807) is 19.2 Å². The zero-order valence-electron chi connectivity index (χ0n) is 12.6. The van der Waals surface area contributed by atoms with Gasteiger partial charge in [0.25, 0.3) is 5.56 Å². The van der Waals surface area contributed by atoms with Crippen LogP contribution in [0.1, 0.15) is 25.7 Å². The second kappa shape index (κ2) is 6.79. The van der Waals surface area contributed by atoms with Gasteiger partial charge in [-0.05, 0) is 18.9 Å². The third kappa shape index (κ3) is 3.22. The Balaban J connectivity index is 1.68. The lowest BCUT2D eigenvalue weighted by molar-refractivity contribution is 0.0378. The minimum atomic E-state index is -0.195. The van der Waals surface area contributed by atoms with E-state index in [9.17, 15) is 4.79 Å². The molecule has 1 aliphatic carbocycles. The molecule has 2 aromatic rings. The van der Waals surface area contributed by atoms with Crippen molar-refractivity contribution < 1.29 is 14.2 Å². The molecule has 1 aromatic carbocycles. The molecule has 118 valence electrons. The second-order valence-electron chi connectivity index (χ2n) is 5.38. The van der Waals surface area contributed by atoms with Crippen LogP contribution in [0.4, 0.5) is 0 Å². The SMILES string of the molecule is COc1cc2c(=O)[nH]cnc2cc1OCCOC1CCCC1. The van der Waals surface area contributed by atoms with Gasteiger partial charge in [-0.2, -0.15) is 0 Å². The summed E-state index contributed by atoms with van der Waals surface area (Å²) in [5, 5.41) is 0.480. The van der Waals surface area contributed by atoms with Crippen molar-refractivity contribution in [2.24, 2.45) is 0 Å². The summed E-state index contributed by atoms with van der Waals surface area (Å²) in [6.45, 7) is 0.996. The van der Waals surface area contributed by atoms with E-state index in [4.69, 9.17) is 14.2 Å². The van der Waals surface area contributed by atoms with Gasteiger partial charge in [0.15, 0.2) is 11.5 Å². The van der Waals surface area contributed by atoms with Crippen molar-refractivity contribution in [2.45, 2.75) is 31.8 Å². The Morgan fingerprint density at radius 2 is 2.05 bits per heavy atom. The fourth-order valence-electron chi connectivity index (χ4n) is 2.77. The maximum atomic E-state index is 11.8. The van der Waals surface area contributed by atoms with Crippen LogP contribution in [0.5, 0.6) is 11.5 Å². The van der Waals surface area contributed by atoms with E-state index in [1.807, 2.05) is 0 Å². The monoisotopic (exact) mass is 304 g/mol. The van der Waals surface area contributed by atoms with Crippen LogP contribution in [0.2, 0.25) is 0 Å². The first kappa shape index (κ1) is 14.8. The van der Waals surface area contributed by atoms with Crippen LogP contribution in [0, 0.1) is 0 Å². The third-order valence-electron chi connectivity index (χ3n) is 3.92. The highest BCUT2D eigenvalue weighted by molar-refractivity contribution is 5.81. The molecule has 0 saturated heterocycles. The van der Waals surface area contributed by atoms with Crippen LogP contribution in [0.25, 0.3) is 10.9 Å². The van der Waals surface area contributed by atoms with Gasteiger partial charge in [0.1, 0.15) is 6.61 Å². The zero-order chi connectivity index (χ0) is 15.4. The Bertz CT molecular complexity index is 692. The summed E-state index contributed by atoms with van der Waals surface area (Å²) in [4.78, 5) is 18.4. The van der Waals surface area contributed by atoms with Gasteiger partial charge in [-0.25, -0.2) is 4.98 Å². The highest BCUT2D eigenvalue weighted by Gasteiger charge is 2.15. The van der Waals surface area contributed by atoms with E-state index in [0.717, 1.165) is 12.8 Å². The van der Waals surface area contributed by atoms with Crippen molar-refractivity contribution in [2.75, 3.05) is 20.3 Å². The Morgan fingerprint density at radius 3 is 2.82 bits per heavy atom. The molecule has 0 radical (unpaired) electrons. The van der Waals surface area contributed by atoms with Crippen molar-refractivity contribution in [3.8, 4) is 11.5 Å². The number of aromatic amines is 1. The van der Waals surface area contributed by atoms with Crippen molar-refractivity contribution in [1.82, 2.24) is 9.97 Å². The molecule has 6 nitrogen and oxygen atoms in total. The summed E-state index contributed by atoms with van der Waals surface area (Å²) in [7, 11) is 1.55. The van der Waals surface area contributed by atoms with Gasteiger partial charge in [0, 0.05) is 6.07 Å². The van der Waals surface area contributed by atoms with Crippen LogP contribution < -0.4 is 15.0 Å². The summed E-state index contributed by atoms with van der Waals surface area (Å²) in [5.74, 6) is 1.09. The molecule has 1 saturated carbocycles. The van der Waals surface area contributed by atoms with Gasteiger partial charge < -0.3 is 19.2 Å². The Labute approximate surface area is 128 Å². The Morgan fingerprint density at radius 1 is 1.23 bits per heavy atom. The molecule has 1 N–H and O–H groups in total. The van der Waals surface area contributed by atoms with Crippen LogP contribution in [-0.4, -0.2) is 36.4 Å². The van der Waals surface area contributed by atoms with E-state index < -0.39 is 0 Å². The third-order valence-corrected chi connectivity index (χ3v) is 3.92. The van der Waals surface area contributed by atoms with Gasteiger partial charge >= 0.3 is 0 Å². The van der Waals surface area contributed by atoms with Crippen molar-refractivity contribution >= 4 is 10.9 Å². The predicted molar refractivity (Wildman–Crippen MR) is 82.6 cm³/mol. The molecule has 1 aromatic heterocycles. The highest BCUT2D eigenvalue weighted by atomic mass is 16.5. The fraction of sp³-hybridized carbons (Fsp3) is 0.500. The molecule has 3 rings (SSSR count). The normalized spacial score (nSPS) is 15.3. The molecule has 0 unspecified atom stereocenters. The number of rotatable bonds is 6. The van der Waals surface area contributed by atoms with E-state index in [-0.39, 0.29) is 5.56 Å². The average Bonchev–Trinajstić information content (AvgIpc) is 3.04. The number of H-pyrrole nitrogens is 1. The Hall–Kier alpha value is -2.08. The first-order valence-corrected chi connectivity index (χ1v) is 7.58. The lowest BCUT2D eigenvalue weighted by atomic mass is 10.2. The second-order valence-corrected chi connectivity index (χ2v) is 5.38. The topological polar surface area (TPSA) is 73.4 Å². The maximum absolute atomic E-state index is 11.8. The number of ether oxygens (including phenoxy) is 3. The van der Waals surface area contributed by atoms with Gasteiger partial charge in [0.05, 0.1) is 37.1 Å². The maximum Gasteiger partial charge on any atom is 0.258 e. The lowest BCUT2D eigenvalue weighted by Gasteiger charge is -2.14. The van der Waals surface area contributed by atoms with Crippen LogP contribution >= 0.6 is 0 Å². The fourth-order valence-corrected chi connectivity index (χ4v) is 2.77. The number of hydrogen-bond acceptors (Lipinski definition) is 5. The summed E-state index contributed by atoms with van der Waals surface area (Å²) in [5.41, 5.74) is 0.385. The van der Waals surface area contributed by atoms with Gasteiger partial charge in [-0.1, -0.05) is 12.8 Å². The van der Waals surface area contributed by atoms with E-state index >= 15 is 0 Å². The molecular formula is C16H20N2O4. The Kier molecular flexibility index (Phi) is 4.58. The average molecular weight is 304 g/mol. The largest absolute Gasteiger partial charge is 0.493 e. The lowest BCUT2D eigenvalue weighted by Crippen LogP contribution is -2.14. The number of nitrogens with one attached hydrogen (secondary N) is 1. The van der Waals surface area contributed by atoms with Gasteiger partial charge in [-0.15, -0.1) is 0 Å². The molecule has 22 heavy (non-hydrogen) atoms. The van der Waals surface area contributed by atoms with Crippen LogP contribution in [0.3, 0.4) is 0 Å². The first-order valence-electron chi connectivity index (χ1n) is 7.58. The molecule has 6 heteroatoms. The van der Waals surface area contributed by atoms with E-state index in [1.165, 1.54) is 19.2 Å². The summed E-state index contributed by atoms with van der Waals surface area (Å²) in [6, 6.07) is 3.37. The molecule has 0 aliphatic heterocycles. The van der Waals surface area contributed by atoms with Gasteiger partial charge in [0.2, 0.25) is 0 Å². The number of aromatic nitrogens is 2. The smallest absolute Gasteiger partial charge is 0.258 e. The van der Waals surface area contributed by atoms with Crippen LogP contribution in [0.15, 0.2) is 23.3 Å². The summed E-state index contributed by atoms with van der Waals surface area (Å²) < 4.78 is 16.8. The highest BCUT2D eigenvalue weighted by Crippen LogP contribution is 2.30. The molecule has 1 fully saturated rings. The molecule has 1 heterocycles. The number of benzene rings is 1. The quantitative estimate of drug-likeness (QED) is 0.829. The van der Waals surface area contributed by atoms with Crippen molar-refractivity contribution in [3.05, 3.63) is 28.8 Å². The summed E-state index contributed by atoms with van der Waals surface area (Å²) in [6.07, 6.45) is 6.55. The minimum Gasteiger partial charge on any atom is -0.493 e. The number of fused-ring (bicyclic) bond motifs is 1. The van der Waals surface area contributed by atoms with Crippen molar-refractivity contribution in [1.29, 1.82) is 0 Å². The number of hydrogen-bond donors (Lipinski definition) is 1. The van der Waals surface area contributed by atoms with Crippen molar-refractivity contribution in [3.63, 3.8) is 0 Å². The molecule has 0 amide bonds. The molecule has 0 bridgehead atoms. The van der Waals surface area contributed by atoms with E-state index in [2.05, 4.69) is 9.97 Å². The first-order chi connectivity index (χ1) is 10.8. The number of nitrogens with zero attached hydrogens (tertiary/aromatic N) is 1. The summed E-state index contributed by atoms with van der Waals surface area (Å²) >= 11 is 0. The number of methoxy groups -OCH3 is 1. The molecule has 1 aliphatic rings. The molecule has 0 atom stereocenters. The predicted octanol–water partition coefficient (Wildman–Crippen LogP) is 2.27. The minimum absolute atomic E-state index is 0.195. The molecule has 0 spiro atoms.